The Hall–Kier alpha value is -0.570. The van der Waals surface area contributed by atoms with E-state index in [0.717, 1.165) is 25.9 Å². The number of esters is 1. The highest BCUT2D eigenvalue weighted by Gasteiger charge is 2.47. The predicted molar refractivity (Wildman–Crippen MR) is 53.9 cm³/mol. The van der Waals surface area contributed by atoms with Crippen LogP contribution in [0.1, 0.15) is 32.6 Å². The first-order valence-electron chi connectivity index (χ1n) is 5.63. The van der Waals surface area contributed by atoms with Crippen molar-refractivity contribution in [1.82, 2.24) is 5.32 Å². The van der Waals surface area contributed by atoms with Crippen LogP contribution >= 0.6 is 0 Å². The summed E-state index contributed by atoms with van der Waals surface area (Å²) in [6.07, 6.45) is 4.60. The minimum Gasteiger partial charge on any atom is -0.466 e. The molecule has 0 aromatic rings. The minimum atomic E-state index is 0.0247. The molecule has 0 aromatic heterocycles. The van der Waals surface area contributed by atoms with Gasteiger partial charge in [0.15, 0.2) is 0 Å². The molecule has 1 spiro atoms. The lowest BCUT2D eigenvalue weighted by Crippen LogP contribution is -2.48. The van der Waals surface area contributed by atoms with Gasteiger partial charge in [0.1, 0.15) is 0 Å². The minimum absolute atomic E-state index is 0.0247. The lowest BCUT2D eigenvalue weighted by Gasteiger charge is -2.49. The molecular formula is C11H19NO2. The Morgan fingerprint density at radius 3 is 2.64 bits per heavy atom. The van der Waals surface area contributed by atoms with E-state index in [1.54, 1.807) is 0 Å². The quantitative estimate of drug-likeness (QED) is 0.679. The van der Waals surface area contributed by atoms with Gasteiger partial charge in [0.2, 0.25) is 0 Å². The van der Waals surface area contributed by atoms with Crippen molar-refractivity contribution in [2.45, 2.75) is 32.6 Å². The van der Waals surface area contributed by atoms with Crippen molar-refractivity contribution in [1.29, 1.82) is 0 Å². The molecule has 0 amide bonds. The fourth-order valence-corrected chi connectivity index (χ4v) is 2.78. The molecule has 1 aliphatic carbocycles. The second-order valence-corrected chi connectivity index (χ2v) is 4.61. The van der Waals surface area contributed by atoms with E-state index in [0.29, 0.717) is 12.0 Å². The van der Waals surface area contributed by atoms with Crippen LogP contribution in [0.4, 0.5) is 0 Å². The second kappa shape index (κ2) is 3.89. The van der Waals surface area contributed by atoms with Crippen LogP contribution in [0.15, 0.2) is 0 Å². The van der Waals surface area contributed by atoms with Gasteiger partial charge in [0.05, 0.1) is 12.5 Å². The van der Waals surface area contributed by atoms with Crippen LogP contribution in [0.3, 0.4) is 0 Å². The zero-order valence-corrected chi connectivity index (χ0v) is 8.84. The summed E-state index contributed by atoms with van der Waals surface area (Å²) >= 11 is 0. The molecule has 1 saturated carbocycles. The molecule has 14 heavy (non-hydrogen) atoms. The van der Waals surface area contributed by atoms with Crippen LogP contribution < -0.4 is 5.32 Å². The Bertz CT molecular complexity index is 213. The lowest BCUT2D eigenvalue weighted by atomic mass is 9.58. The number of hydrogen-bond donors (Lipinski definition) is 1. The van der Waals surface area contributed by atoms with Crippen molar-refractivity contribution >= 4 is 5.97 Å². The molecule has 80 valence electrons. The van der Waals surface area contributed by atoms with Crippen molar-refractivity contribution in [3.05, 3.63) is 0 Å². The molecule has 0 radical (unpaired) electrons. The van der Waals surface area contributed by atoms with Crippen LogP contribution in [-0.4, -0.2) is 25.7 Å². The number of piperidine rings is 1. The van der Waals surface area contributed by atoms with Crippen molar-refractivity contribution in [3.63, 3.8) is 0 Å². The van der Waals surface area contributed by atoms with Crippen molar-refractivity contribution in [2.24, 2.45) is 11.3 Å². The summed E-state index contributed by atoms with van der Waals surface area (Å²) in [5, 5.41) is 3.36. The van der Waals surface area contributed by atoms with Gasteiger partial charge in [-0.05, 0) is 51.1 Å². The smallest absolute Gasteiger partial charge is 0.308 e. The van der Waals surface area contributed by atoms with Crippen molar-refractivity contribution in [3.8, 4) is 0 Å². The first-order valence-corrected chi connectivity index (χ1v) is 5.63. The van der Waals surface area contributed by atoms with Crippen molar-refractivity contribution in [2.75, 3.05) is 19.7 Å². The van der Waals surface area contributed by atoms with Gasteiger partial charge in [-0.15, -0.1) is 0 Å². The lowest BCUT2D eigenvalue weighted by molar-refractivity contribution is -0.157. The molecule has 3 heteroatoms. The molecule has 2 aliphatic rings. The molecule has 2 rings (SSSR count). The SMILES string of the molecule is CCOC(=O)C1CC2(CCNCC2)C1. The number of ether oxygens (including phenoxy) is 1. The van der Waals surface area contributed by atoms with E-state index in [9.17, 15) is 4.79 Å². The molecular weight excluding hydrogens is 178 g/mol. The zero-order valence-electron chi connectivity index (χ0n) is 8.84. The Kier molecular flexibility index (Phi) is 2.77. The second-order valence-electron chi connectivity index (χ2n) is 4.61. The van der Waals surface area contributed by atoms with E-state index >= 15 is 0 Å². The third-order valence-electron chi connectivity index (χ3n) is 3.64. The number of carbonyl (C=O) groups excluding carboxylic acids is 1. The molecule has 1 saturated heterocycles. The third-order valence-corrected chi connectivity index (χ3v) is 3.64. The number of hydrogen-bond acceptors (Lipinski definition) is 3. The summed E-state index contributed by atoms with van der Waals surface area (Å²) in [5.41, 5.74) is 0.489. The van der Waals surface area contributed by atoms with E-state index in [1.165, 1.54) is 12.8 Å². The van der Waals surface area contributed by atoms with Crippen LogP contribution in [-0.2, 0) is 9.53 Å². The fourth-order valence-electron chi connectivity index (χ4n) is 2.78. The summed E-state index contributed by atoms with van der Waals surface area (Å²) in [5.74, 6) is 0.227. The molecule has 0 atom stereocenters. The first-order chi connectivity index (χ1) is 6.76. The molecule has 1 heterocycles. The Balaban J connectivity index is 1.79. The highest BCUT2D eigenvalue weighted by Crippen LogP contribution is 2.51. The summed E-state index contributed by atoms with van der Waals surface area (Å²) in [6, 6.07) is 0. The normalized spacial score (nSPS) is 25.8. The topological polar surface area (TPSA) is 38.3 Å². The van der Waals surface area contributed by atoms with Gasteiger partial charge in [0, 0.05) is 0 Å². The maximum Gasteiger partial charge on any atom is 0.308 e. The number of nitrogens with one attached hydrogen (secondary N) is 1. The average molecular weight is 197 g/mol. The van der Waals surface area contributed by atoms with Gasteiger partial charge >= 0.3 is 5.97 Å². The summed E-state index contributed by atoms with van der Waals surface area (Å²) in [6.45, 7) is 4.63. The van der Waals surface area contributed by atoms with Crippen LogP contribution in [0.5, 0.6) is 0 Å². The van der Waals surface area contributed by atoms with E-state index in [2.05, 4.69) is 5.32 Å². The molecule has 1 N–H and O–H groups in total. The zero-order chi connectivity index (χ0) is 10.0. The number of rotatable bonds is 2. The van der Waals surface area contributed by atoms with Crippen LogP contribution in [0.25, 0.3) is 0 Å². The van der Waals surface area contributed by atoms with Gasteiger partial charge in [-0.3, -0.25) is 4.79 Å². The summed E-state index contributed by atoms with van der Waals surface area (Å²) < 4.78 is 5.03. The van der Waals surface area contributed by atoms with Gasteiger partial charge in [-0.25, -0.2) is 0 Å². The Morgan fingerprint density at radius 1 is 1.43 bits per heavy atom. The monoisotopic (exact) mass is 197 g/mol. The molecule has 3 nitrogen and oxygen atoms in total. The average Bonchev–Trinajstić information content (AvgIpc) is 2.16. The van der Waals surface area contributed by atoms with E-state index < -0.39 is 0 Å². The van der Waals surface area contributed by atoms with Gasteiger partial charge < -0.3 is 10.1 Å². The largest absolute Gasteiger partial charge is 0.466 e. The van der Waals surface area contributed by atoms with Crippen LogP contribution in [0.2, 0.25) is 0 Å². The molecule has 0 bridgehead atoms. The standard InChI is InChI=1S/C11H19NO2/c1-2-14-10(13)9-7-11(8-9)3-5-12-6-4-11/h9,12H,2-8H2,1H3. The molecule has 1 aliphatic heterocycles. The van der Waals surface area contributed by atoms with Gasteiger partial charge in [0.25, 0.3) is 0 Å². The number of carbonyl (C=O) groups is 1. The van der Waals surface area contributed by atoms with Gasteiger partial charge in [-0.1, -0.05) is 0 Å². The Labute approximate surface area is 85.2 Å². The molecule has 2 fully saturated rings. The van der Waals surface area contributed by atoms with E-state index in [4.69, 9.17) is 4.74 Å². The summed E-state index contributed by atoms with van der Waals surface area (Å²) in [7, 11) is 0. The fraction of sp³-hybridized carbons (Fsp3) is 0.909. The Morgan fingerprint density at radius 2 is 2.07 bits per heavy atom. The first kappa shape index (κ1) is 9.97. The highest BCUT2D eigenvalue weighted by molar-refractivity contribution is 5.73. The highest BCUT2D eigenvalue weighted by atomic mass is 16.5. The van der Waals surface area contributed by atoms with Gasteiger partial charge in [-0.2, -0.15) is 0 Å². The maximum absolute atomic E-state index is 11.4. The maximum atomic E-state index is 11.4. The third kappa shape index (κ3) is 1.78. The summed E-state index contributed by atoms with van der Waals surface area (Å²) in [4.78, 5) is 11.4. The molecule has 0 aromatic carbocycles. The van der Waals surface area contributed by atoms with Crippen LogP contribution in [0, 0.1) is 11.3 Å². The molecule has 0 unspecified atom stereocenters. The van der Waals surface area contributed by atoms with Crippen molar-refractivity contribution < 1.29 is 9.53 Å². The van der Waals surface area contributed by atoms with E-state index in [-0.39, 0.29) is 11.9 Å². The van der Waals surface area contributed by atoms with E-state index in [1.807, 2.05) is 6.92 Å². The predicted octanol–water partition coefficient (Wildman–Crippen LogP) is 1.33.